The lowest BCUT2D eigenvalue weighted by atomic mass is 9.88. The molecule has 2 saturated carbocycles. The number of anilines is 8. The summed E-state index contributed by atoms with van der Waals surface area (Å²) in [6.45, 7) is 16.5. The number of nitrogens with one attached hydrogen (secondary N) is 8. The van der Waals surface area contributed by atoms with E-state index in [-0.39, 0.29) is 66.1 Å². The van der Waals surface area contributed by atoms with Crippen molar-refractivity contribution in [1.29, 1.82) is 0 Å². The summed E-state index contributed by atoms with van der Waals surface area (Å²) >= 11 is 26.1. The Balaban J connectivity index is 0.000000115. The molecule has 8 fully saturated rings. The molecule has 646 valence electrons. The third-order valence-electron chi connectivity index (χ3n) is 23.0. The fraction of sp³-hybridized carbons (Fsp3) is 0.532. The number of nitrogens with zero attached hydrogens (tertiary/aromatic N) is 20. The highest BCUT2D eigenvalue weighted by Crippen LogP contribution is 2.45. The topological polar surface area (TPSA) is 363 Å². The number of aromatic amines is 4. The Hall–Kier alpha value is -9.75. The van der Waals surface area contributed by atoms with Gasteiger partial charge in [-0.15, -0.1) is 0 Å². The van der Waals surface area contributed by atoms with E-state index in [1.54, 1.807) is 46.5 Å². The van der Waals surface area contributed by atoms with E-state index in [1.807, 2.05) is 61.8 Å². The zero-order valence-corrected chi connectivity index (χ0v) is 69.7. The maximum atomic E-state index is 15.0. The fourth-order valence-corrected chi connectivity index (χ4v) is 17.1. The molecule has 6 saturated heterocycles. The lowest BCUT2D eigenvalue weighted by Gasteiger charge is -2.45. The van der Waals surface area contributed by atoms with Gasteiger partial charge in [-0.25, -0.2) is 40.7 Å². The lowest BCUT2D eigenvalue weighted by Crippen LogP contribution is -2.57. The van der Waals surface area contributed by atoms with Gasteiger partial charge in [0.15, 0.2) is 26.8 Å². The van der Waals surface area contributed by atoms with Crippen molar-refractivity contribution in [2.24, 2.45) is 0 Å². The van der Waals surface area contributed by atoms with Crippen molar-refractivity contribution in [3.63, 3.8) is 0 Å². The van der Waals surface area contributed by atoms with Crippen molar-refractivity contribution in [1.82, 2.24) is 119 Å². The molecule has 0 aromatic carbocycles. The summed E-state index contributed by atoms with van der Waals surface area (Å²) in [7, 11) is 0. The summed E-state index contributed by atoms with van der Waals surface area (Å²) in [4.78, 5) is 56.1. The second-order valence-corrected chi connectivity index (χ2v) is 32.0. The molecule has 8 N–H and O–H groups in total. The number of fused-ring (bicyclic) bond motifs is 4. The van der Waals surface area contributed by atoms with Crippen LogP contribution in [-0.4, -0.2) is 273 Å². The van der Waals surface area contributed by atoms with Gasteiger partial charge in [0.2, 0.25) is 47.3 Å². The molecule has 12 aromatic rings. The van der Waals surface area contributed by atoms with Gasteiger partial charge >= 0.3 is 0 Å². The first kappa shape index (κ1) is 83.5. The minimum Gasteiger partial charge on any atom is -0.477 e. The van der Waals surface area contributed by atoms with E-state index >= 15 is 0 Å². The third-order valence-corrected chi connectivity index (χ3v) is 24.5. The van der Waals surface area contributed by atoms with E-state index in [2.05, 4.69) is 111 Å². The number of H-pyrrole nitrogens is 4. The number of ether oxygens (including phenoxy) is 7. The van der Waals surface area contributed by atoms with Crippen molar-refractivity contribution >= 4 is 137 Å². The molecule has 0 amide bonds. The number of alkyl halides is 5. The van der Waals surface area contributed by atoms with E-state index in [0.29, 0.717) is 188 Å². The quantitative estimate of drug-likeness (QED) is 0.0260. The number of halogens is 9. The second-order valence-electron chi connectivity index (χ2n) is 30.6. The monoisotopic (exact) mass is 1760 g/mol. The van der Waals surface area contributed by atoms with Crippen molar-refractivity contribution in [2.45, 2.75) is 152 Å². The highest BCUT2D eigenvalue weighted by atomic mass is 35.5. The molecule has 18 heterocycles. The van der Waals surface area contributed by atoms with Crippen molar-refractivity contribution in [3.05, 3.63) is 94.5 Å². The molecule has 0 bridgehead atoms. The van der Waals surface area contributed by atoms with Crippen LogP contribution in [0.1, 0.15) is 110 Å². The smallest absolute Gasteiger partial charge is 0.282 e. The van der Waals surface area contributed by atoms with Gasteiger partial charge in [0.1, 0.15) is 40.8 Å². The Morgan fingerprint density at radius 2 is 0.810 bits per heavy atom. The summed E-state index contributed by atoms with van der Waals surface area (Å²) in [5, 5.41) is 33.5. The molecule has 20 rings (SSSR count). The number of hydrogen-bond donors (Lipinski definition) is 8. The summed E-state index contributed by atoms with van der Waals surface area (Å²) in [6, 6.07) is 6.23. The van der Waals surface area contributed by atoms with Gasteiger partial charge in [-0.05, 0) is 90.5 Å². The lowest BCUT2D eigenvalue weighted by molar-refractivity contribution is -0.140. The number of hydrogen-bond acceptors (Lipinski definition) is 27. The van der Waals surface area contributed by atoms with Gasteiger partial charge in [0.25, 0.3) is 11.8 Å². The summed E-state index contributed by atoms with van der Waals surface area (Å²) in [6.07, 6.45) is 19.4. The number of likely N-dealkylation sites (tertiary alicyclic amines) is 3. The van der Waals surface area contributed by atoms with Crippen LogP contribution in [0.25, 0.3) is 44.1 Å². The Morgan fingerprint density at radius 1 is 0.430 bits per heavy atom. The van der Waals surface area contributed by atoms with E-state index < -0.39 is 30.1 Å². The number of aromatic nitrogens is 20. The predicted octanol–water partition coefficient (Wildman–Crippen LogP) is 13.9. The predicted molar refractivity (Wildman–Crippen MR) is 444 cm³/mol. The van der Waals surface area contributed by atoms with Crippen LogP contribution in [-0.2, 0) is 14.2 Å². The molecule has 6 aliphatic heterocycles. The zero-order valence-electron chi connectivity index (χ0n) is 66.7. The number of piperidine rings is 3. The molecule has 35 nitrogen and oxygen atoms in total. The molecule has 5 atom stereocenters. The van der Waals surface area contributed by atoms with Gasteiger partial charge in [0, 0.05) is 89.1 Å². The molecule has 5 unspecified atom stereocenters. The Kier molecular flexibility index (Phi) is 25.1. The van der Waals surface area contributed by atoms with Gasteiger partial charge in [-0.1, -0.05) is 59.2 Å². The summed E-state index contributed by atoms with van der Waals surface area (Å²) < 4.78 is 119. The molecule has 2 aliphatic carbocycles. The maximum absolute atomic E-state index is 15.0. The van der Waals surface area contributed by atoms with Crippen molar-refractivity contribution in [3.8, 4) is 23.5 Å². The maximum Gasteiger partial charge on any atom is 0.282 e. The minimum absolute atomic E-state index is 0.0736. The molecular weight excluding hydrogens is 1670 g/mol. The van der Waals surface area contributed by atoms with Crippen LogP contribution in [0.5, 0.6) is 23.5 Å². The largest absolute Gasteiger partial charge is 0.477 e. The summed E-state index contributed by atoms with van der Waals surface area (Å²) in [5.41, 5.74) is 4.38. The number of morpholine rings is 1. The normalized spacial score (nSPS) is 21.8. The van der Waals surface area contributed by atoms with Crippen LogP contribution in [0.2, 0.25) is 20.6 Å². The molecule has 0 spiro atoms. The summed E-state index contributed by atoms with van der Waals surface area (Å²) in [5.74, 6) is -2.81. The Labute approximate surface area is 710 Å². The minimum atomic E-state index is -2.92. The highest BCUT2D eigenvalue weighted by molar-refractivity contribution is 6.33. The molecule has 121 heavy (non-hydrogen) atoms. The van der Waals surface area contributed by atoms with Gasteiger partial charge < -0.3 is 74.4 Å². The Morgan fingerprint density at radius 3 is 1.21 bits per heavy atom. The standard InChI is InChI=1S/C20H24ClF2N7O.C20H25ClFN7O.C19H22ClF2N7O2.C18H22ClN7O3/c1-2-31-18-13-6-8-24-17(13)27-19(28-18)26-14-10-25-30(16(14)21)15-7-9-29(11-20(15,22)23)12-4-3-5-12;1-2-30-19-13-6-8-23-18(13)26-20(27-19)25-15-10-24-29(17(15)21)16-7-9-28(11-14(16)22)12-4-3-5-12;1-2-31-17-12-3-5-23-16(12)26-18(27-17)25-13-7-24-29(15(13)20)14-8-28(11-9-30-10-11)6-4-19(14,21)22;1-2-28-17-12-3-4-20-16(12)23-18(24-17)22-13-7-21-26(15(13)19)14-8-25(5-6-29-14)11-9-27-10-11/h6,8,10,12,15H,2-5,7,9,11H2,1H3,(H2,24,26,27,28);6,8,10,12,14,16H,2-5,7,9,11H2,1H3,(H2,23,25,26,27);3,5,7,11,14H,2,4,6,8-10H2,1H3,(H2,23,25,26,27);3-4,7,11,14H,2,5-6,8-10H2,1H3,(H2,20,22,23,24). The highest BCUT2D eigenvalue weighted by Gasteiger charge is 2.51. The van der Waals surface area contributed by atoms with E-state index in [0.717, 1.165) is 67.1 Å². The molecular formula is C77H93Cl4F5N28O7. The fourth-order valence-electron chi connectivity index (χ4n) is 16.0. The first-order chi connectivity index (χ1) is 58.8. The van der Waals surface area contributed by atoms with Crippen LogP contribution in [0.4, 0.5) is 68.5 Å². The van der Waals surface area contributed by atoms with Crippen LogP contribution >= 0.6 is 46.4 Å². The van der Waals surface area contributed by atoms with Gasteiger partial charge in [-0.2, -0.15) is 60.3 Å². The van der Waals surface area contributed by atoms with E-state index in [9.17, 15) is 22.0 Å². The molecule has 8 aliphatic rings. The number of rotatable bonds is 24. The SMILES string of the molecule is CCOc1nc(Nc2cnn(C3CCN(C4CCC4)CC3(F)F)c2Cl)nc2[nH]ccc12.CCOc1nc(Nc2cnn(C3CCN(C4CCC4)CC3F)c2Cl)nc2[nH]ccc12.CCOc1nc(Nc2cnn(C3CN(C4COC4)CCC3(F)F)c2Cl)nc2[nH]ccc12.CCOc1nc(Nc2cnn(C3CN(C4COC4)CCO3)c2Cl)nc2[nH]ccc12. The molecule has 44 heteroatoms. The van der Waals surface area contributed by atoms with Crippen molar-refractivity contribution in [2.75, 3.05) is 133 Å². The van der Waals surface area contributed by atoms with Crippen LogP contribution in [0.3, 0.4) is 0 Å². The van der Waals surface area contributed by atoms with E-state index in [1.165, 1.54) is 41.0 Å². The van der Waals surface area contributed by atoms with Gasteiger partial charge in [-0.3, -0.25) is 19.6 Å². The Bertz CT molecular complexity index is 5530. The third kappa shape index (κ3) is 17.8. The van der Waals surface area contributed by atoms with E-state index in [4.69, 9.17) is 79.6 Å². The average molecular weight is 1760 g/mol. The molecule has 0 radical (unpaired) electrons. The van der Waals surface area contributed by atoms with Crippen LogP contribution in [0, 0.1) is 0 Å². The zero-order chi connectivity index (χ0) is 83.6. The van der Waals surface area contributed by atoms with Crippen molar-refractivity contribution < 1.29 is 55.1 Å². The first-order valence-corrected chi connectivity index (χ1v) is 42.3. The second kappa shape index (κ2) is 36.4. The van der Waals surface area contributed by atoms with Crippen LogP contribution in [0.15, 0.2) is 73.8 Å². The van der Waals surface area contributed by atoms with Crippen LogP contribution < -0.4 is 40.2 Å². The first-order valence-electron chi connectivity index (χ1n) is 40.8. The molecule has 12 aromatic heterocycles. The average Bonchev–Trinajstić information content (AvgIpc) is 1.73. The van der Waals surface area contributed by atoms with Gasteiger partial charge in [0.05, 0.1) is 153 Å².